The molecular weight excluding hydrogens is 1220 g/mol. The van der Waals surface area contributed by atoms with Gasteiger partial charge in [0.1, 0.15) is 19.3 Å². The molecule has 0 bridgehead atoms. The van der Waals surface area contributed by atoms with Crippen LogP contribution in [0.1, 0.15) is 382 Å². The highest BCUT2D eigenvalue weighted by molar-refractivity contribution is 7.47. The second-order valence-corrected chi connectivity index (χ2v) is 30.3. The minimum Gasteiger partial charge on any atom is -0.462 e. The molecule has 19 heteroatoms. The fraction of sp³-hybridized carbons (Fsp3) is 0.946. The van der Waals surface area contributed by atoms with Crippen LogP contribution in [-0.2, 0) is 65.4 Å². The van der Waals surface area contributed by atoms with E-state index in [0.29, 0.717) is 31.6 Å². The molecule has 0 amide bonds. The predicted molar refractivity (Wildman–Crippen MR) is 377 cm³/mol. The Labute approximate surface area is 568 Å². The largest absolute Gasteiger partial charge is 0.472 e. The number of phosphoric ester groups is 2. The van der Waals surface area contributed by atoms with Crippen molar-refractivity contribution in [2.45, 2.75) is 400 Å². The Morgan fingerprint density at radius 3 is 0.817 bits per heavy atom. The number of carbonyl (C=O) groups is 4. The van der Waals surface area contributed by atoms with Crippen molar-refractivity contribution in [2.24, 2.45) is 11.8 Å². The third kappa shape index (κ3) is 67.0. The van der Waals surface area contributed by atoms with Crippen molar-refractivity contribution in [3.63, 3.8) is 0 Å². The first-order valence-electron chi connectivity index (χ1n) is 38.5. The van der Waals surface area contributed by atoms with Crippen LogP contribution in [-0.4, -0.2) is 96.7 Å². The van der Waals surface area contributed by atoms with Crippen molar-refractivity contribution < 1.29 is 80.2 Å². The van der Waals surface area contributed by atoms with Gasteiger partial charge in [-0.2, -0.15) is 0 Å². The molecule has 0 aromatic heterocycles. The summed E-state index contributed by atoms with van der Waals surface area (Å²) >= 11 is 0. The molecule has 3 N–H and O–H groups in total. The molecule has 0 spiro atoms. The normalized spacial score (nSPS) is 14.3. The van der Waals surface area contributed by atoms with Gasteiger partial charge in [-0.25, -0.2) is 9.13 Å². The molecule has 0 radical (unpaired) electrons. The second kappa shape index (κ2) is 66.0. The molecule has 552 valence electrons. The summed E-state index contributed by atoms with van der Waals surface area (Å²) in [6.07, 6.45) is 52.9. The Kier molecular flexibility index (Phi) is 64.6. The maximum atomic E-state index is 13.1. The van der Waals surface area contributed by atoms with E-state index in [-0.39, 0.29) is 25.7 Å². The summed E-state index contributed by atoms with van der Waals surface area (Å²) in [5, 5.41) is 10.6. The zero-order valence-corrected chi connectivity index (χ0v) is 62.3. The number of rotatable bonds is 73. The van der Waals surface area contributed by atoms with Crippen LogP contribution in [0.5, 0.6) is 0 Å². The summed E-state index contributed by atoms with van der Waals surface area (Å²) in [6.45, 7) is 9.50. The average molecular weight is 1370 g/mol. The SMILES string of the molecule is CCCCCCCCCCCCCCCCCCCCCCCC(=O)O[C@H](COC(=O)CCCCCCCCCCC(C)CC)COP(=O)(O)OC[C@@H](O)COP(=O)(O)OC[C@@H](COC(=O)CCCCCCCCCCCC)OC(=O)CCCCCCCCCC(C)C. The highest BCUT2D eigenvalue weighted by atomic mass is 31.2. The van der Waals surface area contributed by atoms with Gasteiger partial charge in [0.05, 0.1) is 26.4 Å². The number of hydrogen-bond acceptors (Lipinski definition) is 15. The van der Waals surface area contributed by atoms with Crippen molar-refractivity contribution in [1.29, 1.82) is 0 Å². The summed E-state index contributed by atoms with van der Waals surface area (Å²) in [7, 11) is -9.90. The summed E-state index contributed by atoms with van der Waals surface area (Å²) in [6, 6.07) is 0. The molecule has 0 aliphatic rings. The minimum atomic E-state index is -4.95. The van der Waals surface area contributed by atoms with E-state index in [2.05, 4.69) is 41.5 Å². The Morgan fingerprint density at radius 2 is 0.548 bits per heavy atom. The van der Waals surface area contributed by atoms with Crippen molar-refractivity contribution in [3.05, 3.63) is 0 Å². The molecule has 0 aliphatic carbocycles. The third-order valence-corrected chi connectivity index (χ3v) is 19.5. The Bertz CT molecular complexity index is 1810. The van der Waals surface area contributed by atoms with Gasteiger partial charge in [0, 0.05) is 25.7 Å². The van der Waals surface area contributed by atoms with Gasteiger partial charge >= 0.3 is 39.5 Å². The van der Waals surface area contributed by atoms with Crippen LogP contribution in [0.3, 0.4) is 0 Å². The standard InChI is InChI=1S/C74H144O17P2/c1-7-10-12-14-16-18-20-21-22-23-24-25-26-27-28-29-30-32-40-46-52-58-73(78)90-69(62-85-72(77)57-51-45-39-34-33-37-43-49-55-67(6)9-3)64-88-92(80,81)86-60-68(75)61-87-93(82,83)89-65-70(91-74(79)59-53-47-41-35-36-42-48-54-66(4)5)63-84-71(76)56-50-44-38-31-19-17-15-13-11-8-2/h66-70,75H,7-65H2,1-6H3,(H,80,81)(H,82,83)/t67?,68-,69-,70-/m1/s1. The Hall–Kier alpha value is -1.94. The van der Waals surface area contributed by atoms with Crippen LogP contribution in [0.15, 0.2) is 0 Å². The number of aliphatic hydroxyl groups excluding tert-OH is 1. The third-order valence-electron chi connectivity index (χ3n) is 17.6. The fourth-order valence-corrected chi connectivity index (χ4v) is 12.8. The zero-order valence-electron chi connectivity index (χ0n) is 60.6. The number of phosphoric acid groups is 2. The molecule has 17 nitrogen and oxygen atoms in total. The van der Waals surface area contributed by atoms with Crippen LogP contribution in [0.4, 0.5) is 0 Å². The van der Waals surface area contributed by atoms with E-state index in [4.69, 9.17) is 37.0 Å². The highest BCUT2D eigenvalue weighted by Crippen LogP contribution is 2.45. The van der Waals surface area contributed by atoms with Crippen molar-refractivity contribution >= 4 is 39.5 Å². The molecule has 0 saturated heterocycles. The monoisotopic (exact) mass is 1370 g/mol. The molecule has 0 saturated carbocycles. The molecule has 6 atom stereocenters. The number of aliphatic hydroxyl groups is 1. The first kappa shape index (κ1) is 91.1. The van der Waals surface area contributed by atoms with Gasteiger partial charge in [0.15, 0.2) is 12.2 Å². The Morgan fingerprint density at radius 1 is 0.312 bits per heavy atom. The molecule has 0 aromatic rings. The van der Waals surface area contributed by atoms with Gasteiger partial charge in [-0.1, -0.05) is 330 Å². The fourth-order valence-electron chi connectivity index (χ4n) is 11.3. The molecular formula is C74H144O17P2. The first-order chi connectivity index (χ1) is 44.9. The zero-order chi connectivity index (χ0) is 68.6. The predicted octanol–water partition coefficient (Wildman–Crippen LogP) is 21.6. The molecule has 0 fully saturated rings. The topological polar surface area (TPSA) is 237 Å². The lowest BCUT2D eigenvalue weighted by molar-refractivity contribution is -0.161. The van der Waals surface area contributed by atoms with Gasteiger partial charge in [-0.3, -0.25) is 37.3 Å². The smallest absolute Gasteiger partial charge is 0.462 e. The number of carbonyl (C=O) groups excluding carboxylic acids is 4. The van der Waals surface area contributed by atoms with Crippen LogP contribution < -0.4 is 0 Å². The highest BCUT2D eigenvalue weighted by Gasteiger charge is 2.30. The Balaban J connectivity index is 5.18. The molecule has 0 aromatic carbocycles. The van der Waals surface area contributed by atoms with Gasteiger partial charge in [-0.15, -0.1) is 0 Å². The summed E-state index contributed by atoms with van der Waals surface area (Å²) in [5.74, 6) is -0.650. The number of hydrogen-bond donors (Lipinski definition) is 3. The van der Waals surface area contributed by atoms with E-state index in [0.717, 1.165) is 95.8 Å². The lowest BCUT2D eigenvalue weighted by atomic mass is 9.99. The quantitative estimate of drug-likeness (QED) is 0.0222. The van der Waals surface area contributed by atoms with Gasteiger partial charge in [0.2, 0.25) is 0 Å². The van der Waals surface area contributed by atoms with E-state index in [1.165, 1.54) is 199 Å². The van der Waals surface area contributed by atoms with Crippen LogP contribution >= 0.6 is 15.6 Å². The molecule has 3 unspecified atom stereocenters. The number of esters is 4. The first-order valence-corrected chi connectivity index (χ1v) is 41.5. The summed E-state index contributed by atoms with van der Waals surface area (Å²) in [4.78, 5) is 72.6. The lowest BCUT2D eigenvalue weighted by Crippen LogP contribution is -2.30. The summed E-state index contributed by atoms with van der Waals surface area (Å²) < 4.78 is 68.4. The van der Waals surface area contributed by atoms with E-state index >= 15 is 0 Å². The number of ether oxygens (including phenoxy) is 4. The second-order valence-electron chi connectivity index (χ2n) is 27.4. The maximum absolute atomic E-state index is 13.1. The van der Waals surface area contributed by atoms with Crippen molar-refractivity contribution in [2.75, 3.05) is 39.6 Å². The van der Waals surface area contributed by atoms with Crippen molar-refractivity contribution in [1.82, 2.24) is 0 Å². The molecule has 93 heavy (non-hydrogen) atoms. The number of unbranched alkanes of at least 4 members (excludes halogenated alkanes) is 42. The van der Waals surface area contributed by atoms with E-state index in [9.17, 15) is 43.2 Å². The minimum absolute atomic E-state index is 0.104. The molecule has 0 rings (SSSR count). The summed E-state index contributed by atoms with van der Waals surface area (Å²) in [5.41, 5.74) is 0. The van der Waals surface area contributed by atoms with Gasteiger partial charge in [0.25, 0.3) is 0 Å². The average Bonchev–Trinajstić information content (AvgIpc) is 2.52. The van der Waals surface area contributed by atoms with Gasteiger partial charge in [-0.05, 0) is 37.5 Å². The van der Waals surface area contributed by atoms with Crippen molar-refractivity contribution in [3.8, 4) is 0 Å². The van der Waals surface area contributed by atoms with E-state index in [1.54, 1.807) is 0 Å². The van der Waals surface area contributed by atoms with Gasteiger partial charge < -0.3 is 33.8 Å². The van der Waals surface area contributed by atoms with Crippen LogP contribution in [0.2, 0.25) is 0 Å². The maximum Gasteiger partial charge on any atom is 0.472 e. The molecule has 0 heterocycles. The van der Waals surface area contributed by atoms with E-state index in [1.807, 2.05) is 0 Å². The van der Waals surface area contributed by atoms with Crippen LogP contribution in [0, 0.1) is 11.8 Å². The van der Waals surface area contributed by atoms with Crippen LogP contribution in [0.25, 0.3) is 0 Å². The van der Waals surface area contributed by atoms with E-state index < -0.39 is 97.5 Å². The lowest BCUT2D eigenvalue weighted by Gasteiger charge is -2.21. The molecule has 0 aliphatic heterocycles.